The summed E-state index contributed by atoms with van der Waals surface area (Å²) < 4.78 is 7.60. The Labute approximate surface area is 327 Å². The number of aryl methyl sites for hydroxylation is 1. The van der Waals surface area contributed by atoms with E-state index < -0.39 is 0 Å². The minimum atomic E-state index is -0.238. The van der Waals surface area contributed by atoms with Gasteiger partial charge in [-0.25, -0.2) is 9.98 Å². The zero-order valence-electron chi connectivity index (χ0n) is 32.8. The number of hydrogen-bond acceptors (Lipinski definition) is 5. The van der Waals surface area contributed by atoms with E-state index in [9.17, 15) is 0 Å². The van der Waals surface area contributed by atoms with Gasteiger partial charge in [-0.05, 0) is 79.1 Å². The van der Waals surface area contributed by atoms with Crippen LogP contribution < -0.4 is 4.74 Å². The number of rotatable bonds is 10. The largest absolute Gasteiger partial charge is 0.461 e. The first kappa shape index (κ1) is 39.8. The Morgan fingerprint density at radius 2 is 1.56 bits per heavy atom. The van der Waals surface area contributed by atoms with E-state index >= 15 is 0 Å². The maximum Gasteiger partial charge on any atom is 0.159 e. The number of para-hydroxylation sites is 1. The monoisotopic (exact) mass is 731 g/mol. The molecule has 0 bridgehead atoms. The molecule has 4 aromatic carbocycles. The Kier molecular flexibility index (Phi) is 14.0. The smallest absolute Gasteiger partial charge is 0.159 e. The Hall–Kier alpha value is -5.44. The Morgan fingerprint density at radius 3 is 2.22 bits per heavy atom. The average Bonchev–Trinajstić information content (AvgIpc) is 3.72. The highest BCUT2D eigenvalue weighted by atomic mass is 32.1. The third-order valence-electron chi connectivity index (χ3n) is 9.81. The van der Waals surface area contributed by atoms with Crippen LogP contribution in [0.1, 0.15) is 104 Å². The molecule has 276 valence electrons. The second-order valence-electron chi connectivity index (χ2n) is 13.1. The second kappa shape index (κ2) is 19.1. The van der Waals surface area contributed by atoms with E-state index in [1.807, 2.05) is 37.3 Å². The molecule has 7 rings (SSSR count). The molecule has 3 heterocycles. The average molecular weight is 732 g/mol. The molecule has 0 radical (unpaired) electrons. The number of thiophene rings is 1. The maximum atomic E-state index is 6.29. The predicted molar refractivity (Wildman–Crippen MR) is 234 cm³/mol. The molecule has 0 saturated carbocycles. The molecule has 0 N–H and O–H groups in total. The number of allylic oxidation sites excluding steroid dienone is 6. The van der Waals surface area contributed by atoms with E-state index in [-0.39, 0.29) is 12.1 Å². The van der Waals surface area contributed by atoms with Crippen LogP contribution in [0, 0.1) is 19.8 Å². The normalized spacial score (nSPS) is 17.2. The van der Waals surface area contributed by atoms with Crippen molar-refractivity contribution in [1.82, 2.24) is 4.90 Å². The fourth-order valence-corrected chi connectivity index (χ4v) is 8.30. The van der Waals surface area contributed by atoms with Gasteiger partial charge < -0.3 is 9.64 Å². The molecule has 0 aliphatic carbocycles. The summed E-state index contributed by atoms with van der Waals surface area (Å²) >= 11 is 1.90. The molecule has 5 heteroatoms. The lowest BCUT2D eigenvalue weighted by Gasteiger charge is -2.33. The molecule has 0 saturated heterocycles. The number of ether oxygens (including phenoxy) is 1. The minimum absolute atomic E-state index is 0.238. The van der Waals surface area contributed by atoms with Gasteiger partial charge in [0, 0.05) is 44.6 Å². The SMILES string of the molecule is C#C.CC.CC/C=C\Cc1c(C)sc2cc(C3N=C(c4ccccc4)N=C(c4ccccc4)N3C)cc(/C(=C/C/C=C3/Oc4ccccc4C3C)CC)c12. The van der Waals surface area contributed by atoms with Crippen LogP contribution in [0.3, 0.4) is 0 Å². The number of fused-ring (bicyclic) bond motifs is 2. The predicted octanol–water partition coefficient (Wildman–Crippen LogP) is 13.1. The zero-order valence-corrected chi connectivity index (χ0v) is 33.7. The third kappa shape index (κ3) is 8.51. The van der Waals surface area contributed by atoms with Gasteiger partial charge in [-0.1, -0.05) is 132 Å². The number of benzene rings is 4. The van der Waals surface area contributed by atoms with Crippen LogP contribution in [0.4, 0.5) is 0 Å². The van der Waals surface area contributed by atoms with Crippen LogP contribution in [-0.4, -0.2) is 23.6 Å². The van der Waals surface area contributed by atoms with Crippen molar-refractivity contribution in [2.24, 2.45) is 9.98 Å². The molecule has 2 atom stereocenters. The highest BCUT2D eigenvalue weighted by Crippen LogP contribution is 2.43. The van der Waals surface area contributed by atoms with Crippen LogP contribution in [0.5, 0.6) is 5.75 Å². The number of aliphatic imine (C=N–C) groups is 2. The van der Waals surface area contributed by atoms with Gasteiger partial charge in [-0.2, -0.15) is 0 Å². The summed E-state index contributed by atoms with van der Waals surface area (Å²) in [5.74, 6) is 3.95. The number of nitrogens with zero attached hydrogens (tertiary/aromatic N) is 3. The highest BCUT2D eigenvalue weighted by Gasteiger charge is 2.29. The van der Waals surface area contributed by atoms with Gasteiger partial charge in [-0.15, -0.1) is 24.2 Å². The van der Waals surface area contributed by atoms with Crippen LogP contribution in [0.2, 0.25) is 0 Å². The van der Waals surface area contributed by atoms with Crippen molar-refractivity contribution in [1.29, 1.82) is 0 Å². The first-order valence-corrected chi connectivity index (χ1v) is 20.0. The van der Waals surface area contributed by atoms with Gasteiger partial charge in [0.25, 0.3) is 0 Å². The van der Waals surface area contributed by atoms with Gasteiger partial charge in [0.2, 0.25) is 0 Å². The molecular weight excluding hydrogens is 679 g/mol. The molecule has 2 aliphatic heterocycles. The van der Waals surface area contributed by atoms with E-state index in [4.69, 9.17) is 14.7 Å². The van der Waals surface area contributed by atoms with Crippen molar-refractivity contribution in [2.75, 3.05) is 7.05 Å². The van der Waals surface area contributed by atoms with Gasteiger partial charge in [0.15, 0.2) is 12.0 Å². The summed E-state index contributed by atoms with van der Waals surface area (Å²) in [4.78, 5) is 14.1. The summed E-state index contributed by atoms with van der Waals surface area (Å²) in [6.45, 7) is 13.0. The van der Waals surface area contributed by atoms with Crippen molar-refractivity contribution in [2.45, 2.75) is 79.3 Å². The number of terminal acetylenes is 1. The van der Waals surface area contributed by atoms with Crippen molar-refractivity contribution in [3.63, 3.8) is 0 Å². The molecule has 0 fully saturated rings. The topological polar surface area (TPSA) is 37.2 Å². The van der Waals surface area contributed by atoms with Crippen LogP contribution in [0.25, 0.3) is 15.7 Å². The lowest BCUT2D eigenvalue weighted by Crippen LogP contribution is -2.35. The van der Waals surface area contributed by atoms with Crippen molar-refractivity contribution in [3.8, 4) is 18.6 Å². The maximum absolute atomic E-state index is 6.29. The fraction of sp³-hybridized carbons (Fsp3) is 0.265. The van der Waals surface area contributed by atoms with Gasteiger partial charge >= 0.3 is 0 Å². The molecular formula is C49H53N3OS. The van der Waals surface area contributed by atoms with E-state index in [0.29, 0.717) is 0 Å². The van der Waals surface area contributed by atoms with E-state index in [1.165, 1.54) is 42.8 Å². The minimum Gasteiger partial charge on any atom is -0.461 e. The standard InChI is InChI=1S/C45H45N3OS.C2H6.C2H2/c1-6-8-11-25-37-31(4)50-41-29-35(45-47-43(33-19-12-9-13-20-33)46-44(48(45)5)34-21-14-10-15-22-34)28-38(42(37)41)32(7-2)23-18-27-39-30(3)36-24-16-17-26-40(36)49-39;2*1-2/h8-17,19-24,26-30,45H,6-7,18,25H2,1-5H3;1-2H3;1-2H/b11-8-,32-23+,39-27+;;. The second-order valence-corrected chi connectivity index (χ2v) is 14.3. The fourth-order valence-electron chi connectivity index (χ4n) is 7.13. The van der Waals surface area contributed by atoms with Crippen molar-refractivity contribution < 1.29 is 4.74 Å². The number of hydrogen-bond donors (Lipinski definition) is 0. The quantitative estimate of drug-likeness (QED) is 0.106. The van der Waals surface area contributed by atoms with E-state index in [2.05, 4.69) is 162 Å². The molecule has 54 heavy (non-hydrogen) atoms. The highest BCUT2D eigenvalue weighted by molar-refractivity contribution is 7.19. The van der Waals surface area contributed by atoms with Gasteiger partial charge in [0.1, 0.15) is 17.3 Å². The Morgan fingerprint density at radius 1 is 0.889 bits per heavy atom. The summed E-state index contributed by atoms with van der Waals surface area (Å²) in [6, 6.07) is 34.0. The molecule has 1 aromatic heterocycles. The van der Waals surface area contributed by atoms with Crippen LogP contribution >= 0.6 is 11.3 Å². The van der Waals surface area contributed by atoms with Gasteiger partial charge in [0.05, 0.1) is 0 Å². The van der Waals surface area contributed by atoms with E-state index in [1.54, 1.807) is 0 Å². The Bertz CT molecular complexity index is 2200. The first-order valence-electron chi connectivity index (χ1n) is 19.2. The molecule has 4 nitrogen and oxygen atoms in total. The molecule has 0 spiro atoms. The van der Waals surface area contributed by atoms with E-state index in [0.717, 1.165) is 60.0 Å². The van der Waals surface area contributed by atoms with Crippen LogP contribution in [0.15, 0.2) is 137 Å². The lowest BCUT2D eigenvalue weighted by molar-refractivity contribution is 0.383. The summed E-state index contributed by atoms with van der Waals surface area (Å²) in [6.07, 6.45) is 20.7. The van der Waals surface area contributed by atoms with Crippen molar-refractivity contribution in [3.05, 3.63) is 165 Å². The molecule has 2 unspecified atom stereocenters. The number of amidine groups is 2. The summed E-state index contributed by atoms with van der Waals surface area (Å²) in [5.41, 5.74) is 8.60. The molecule has 0 amide bonds. The molecule has 2 aliphatic rings. The zero-order chi connectivity index (χ0) is 38.6. The van der Waals surface area contributed by atoms with Gasteiger partial charge in [-0.3, -0.25) is 0 Å². The lowest BCUT2D eigenvalue weighted by atomic mass is 9.92. The first-order chi connectivity index (χ1) is 26.5. The Balaban J connectivity index is 0.00000136. The third-order valence-corrected chi connectivity index (χ3v) is 10.9. The van der Waals surface area contributed by atoms with Crippen molar-refractivity contribution >= 4 is 38.7 Å². The summed E-state index contributed by atoms with van der Waals surface area (Å²) in [5, 5.41) is 1.37. The molecule has 5 aromatic rings. The summed E-state index contributed by atoms with van der Waals surface area (Å²) in [7, 11) is 2.12. The van der Waals surface area contributed by atoms with Crippen LogP contribution in [-0.2, 0) is 6.42 Å².